The van der Waals surface area contributed by atoms with Crippen molar-refractivity contribution in [2.75, 3.05) is 0 Å². The van der Waals surface area contributed by atoms with Crippen molar-refractivity contribution in [1.82, 2.24) is 0 Å². The van der Waals surface area contributed by atoms with E-state index in [1.165, 1.54) is 13.8 Å². The van der Waals surface area contributed by atoms with Crippen LogP contribution >= 0.6 is 0 Å². The average molecular weight is 272 g/mol. The lowest BCUT2D eigenvalue weighted by Crippen LogP contribution is -2.44. The minimum atomic E-state index is -2.26. The molecule has 0 aliphatic rings. The Labute approximate surface area is 108 Å². The number of carboxylic acid groups (broad SMARTS) is 2. The van der Waals surface area contributed by atoms with Gasteiger partial charge < -0.3 is 10.2 Å². The standard InChI is InChI=1S/C13H14F2O4/c1-3-7-8(5-6-9(14)10(7)15)13(4-2,11(16)17)12(18)19/h5-6H,3-4H2,1-2H3,(H,16,17)(H,18,19). The van der Waals surface area contributed by atoms with Crippen LogP contribution in [0.4, 0.5) is 8.78 Å². The minimum Gasteiger partial charge on any atom is -0.480 e. The van der Waals surface area contributed by atoms with Gasteiger partial charge in [0.2, 0.25) is 0 Å². The van der Waals surface area contributed by atoms with Gasteiger partial charge in [-0.15, -0.1) is 0 Å². The molecule has 0 saturated carbocycles. The van der Waals surface area contributed by atoms with Crippen LogP contribution < -0.4 is 0 Å². The van der Waals surface area contributed by atoms with Crippen LogP contribution in [0.3, 0.4) is 0 Å². The van der Waals surface area contributed by atoms with Crippen LogP contribution in [0.15, 0.2) is 12.1 Å². The maximum atomic E-state index is 13.7. The quantitative estimate of drug-likeness (QED) is 0.807. The summed E-state index contributed by atoms with van der Waals surface area (Å²) in [6.07, 6.45) is -0.267. The molecule has 0 amide bonds. The van der Waals surface area contributed by atoms with Crippen molar-refractivity contribution in [2.24, 2.45) is 0 Å². The van der Waals surface area contributed by atoms with Gasteiger partial charge in [-0.25, -0.2) is 8.78 Å². The summed E-state index contributed by atoms with van der Waals surface area (Å²) in [5, 5.41) is 18.5. The maximum absolute atomic E-state index is 13.7. The number of aliphatic carboxylic acids is 2. The number of hydrogen-bond acceptors (Lipinski definition) is 2. The monoisotopic (exact) mass is 272 g/mol. The van der Waals surface area contributed by atoms with Gasteiger partial charge in [0.05, 0.1) is 0 Å². The van der Waals surface area contributed by atoms with Crippen molar-refractivity contribution in [3.63, 3.8) is 0 Å². The Kier molecular flexibility index (Phi) is 4.24. The lowest BCUT2D eigenvalue weighted by Gasteiger charge is -2.26. The van der Waals surface area contributed by atoms with E-state index in [0.717, 1.165) is 12.1 Å². The van der Waals surface area contributed by atoms with E-state index in [0.29, 0.717) is 0 Å². The normalized spacial score (nSPS) is 11.4. The van der Waals surface area contributed by atoms with Crippen molar-refractivity contribution >= 4 is 11.9 Å². The van der Waals surface area contributed by atoms with Gasteiger partial charge in [-0.3, -0.25) is 9.59 Å². The summed E-state index contributed by atoms with van der Waals surface area (Å²) in [6.45, 7) is 2.88. The highest BCUT2D eigenvalue weighted by molar-refractivity contribution is 6.05. The van der Waals surface area contributed by atoms with Gasteiger partial charge in [0.25, 0.3) is 0 Å². The second-order valence-corrected chi connectivity index (χ2v) is 4.11. The SMILES string of the molecule is CCc1c(C(CC)(C(=O)O)C(=O)O)ccc(F)c1F. The molecule has 4 nitrogen and oxygen atoms in total. The Morgan fingerprint density at radius 2 is 1.68 bits per heavy atom. The third-order valence-corrected chi connectivity index (χ3v) is 3.27. The van der Waals surface area contributed by atoms with Crippen LogP contribution in [0, 0.1) is 11.6 Å². The van der Waals surface area contributed by atoms with Gasteiger partial charge in [-0.2, -0.15) is 0 Å². The van der Waals surface area contributed by atoms with E-state index < -0.39 is 29.0 Å². The largest absolute Gasteiger partial charge is 0.480 e. The Hall–Kier alpha value is -1.98. The second-order valence-electron chi connectivity index (χ2n) is 4.11. The molecule has 104 valence electrons. The van der Waals surface area contributed by atoms with Gasteiger partial charge in [0.1, 0.15) is 0 Å². The van der Waals surface area contributed by atoms with Crippen LogP contribution in [-0.2, 0) is 21.4 Å². The average Bonchev–Trinajstić information content (AvgIpc) is 2.34. The molecule has 0 atom stereocenters. The zero-order chi connectivity index (χ0) is 14.8. The van der Waals surface area contributed by atoms with E-state index in [2.05, 4.69) is 0 Å². The molecule has 0 radical (unpaired) electrons. The van der Waals surface area contributed by atoms with Crippen molar-refractivity contribution in [3.8, 4) is 0 Å². The Morgan fingerprint density at radius 1 is 1.16 bits per heavy atom. The molecule has 0 fully saturated rings. The predicted molar refractivity (Wildman–Crippen MR) is 63.0 cm³/mol. The number of halogens is 2. The molecule has 0 spiro atoms. The highest BCUT2D eigenvalue weighted by atomic mass is 19.2. The minimum absolute atomic E-state index is 0.00123. The highest BCUT2D eigenvalue weighted by Gasteiger charge is 2.48. The predicted octanol–water partition coefficient (Wildman–Crippen LogP) is 2.34. The first-order valence-corrected chi connectivity index (χ1v) is 5.77. The number of carbonyl (C=O) groups is 2. The fourth-order valence-corrected chi connectivity index (χ4v) is 2.15. The topological polar surface area (TPSA) is 74.6 Å². The third-order valence-electron chi connectivity index (χ3n) is 3.27. The van der Waals surface area contributed by atoms with E-state index >= 15 is 0 Å². The second kappa shape index (κ2) is 5.34. The molecular weight excluding hydrogens is 258 g/mol. The van der Waals surface area contributed by atoms with E-state index in [-0.39, 0.29) is 24.0 Å². The first-order chi connectivity index (χ1) is 8.82. The molecular formula is C13H14F2O4. The van der Waals surface area contributed by atoms with E-state index in [1.807, 2.05) is 0 Å². The maximum Gasteiger partial charge on any atom is 0.325 e. The zero-order valence-corrected chi connectivity index (χ0v) is 10.5. The lowest BCUT2D eigenvalue weighted by molar-refractivity contribution is -0.157. The summed E-state index contributed by atoms with van der Waals surface area (Å²) in [7, 11) is 0. The molecule has 0 saturated heterocycles. The van der Waals surface area contributed by atoms with Crippen molar-refractivity contribution in [3.05, 3.63) is 34.9 Å². The molecule has 1 aromatic rings. The van der Waals surface area contributed by atoms with E-state index in [9.17, 15) is 28.6 Å². The Bertz CT molecular complexity index is 512. The molecule has 0 aromatic heterocycles. The van der Waals surface area contributed by atoms with Crippen LogP contribution in [0.25, 0.3) is 0 Å². The summed E-state index contributed by atoms with van der Waals surface area (Å²) < 4.78 is 26.9. The first kappa shape index (κ1) is 15.1. The summed E-state index contributed by atoms with van der Waals surface area (Å²) >= 11 is 0. The molecule has 0 aliphatic heterocycles. The summed E-state index contributed by atoms with van der Waals surface area (Å²) in [5.74, 6) is -5.51. The van der Waals surface area contributed by atoms with Gasteiger partial charge in [0, 0.05) is 0 Å². The molecule has 6 heteroatoms. The molecule has 1 rings (SSSR count). The van der Waals surface area contributed by atoms with Gasteiger partial charge >= 0.3 is 11.9 Å². The van der Waals surface area contributed by atoms with E-state index in [1.54, 1.807) is 0 Å². The van der Waals surface area contributed by atoms with Crippen LogP contribution in [-0.4, -0.2) is 22.2 Å². The highest BCUT2D eigenvalue weighted by Crippen LogP contribution is 2.34. The number of hydrogen-bond donors (Lipinski definition) is 2. The number of carboxylic acids is 2. The molecule has 19 heavy (non-hydrogen) atoms. The zero-order valence-electron chi connectivity index (χ0n) is 10.5. The van der Waals surface area contributed by atoms with Crippen LogP contribution in [0.2, 0.25) is 0 Å². The van der Waals surface area contributed by atoms with Crippen LogP contribution in [0.5, 0.6) is 0 Å². The van der Waals surface area contributed by atoms with Gasteiger partial charge in [-0.1, -0.05) is 19.9 Å². The number of rotatable bonds is 5. The third kappa shape index (κ3) is 2.18. The van der Waals surface area contributed by atoms with Crippen LogP contribution in [0.1, 0.15) is 31.4 Å². The molecule has 1 aromatic carbocycles. The van der Waals surface area contributed by atoms with Crippen molar-refractivity contribution < 1.29 is 28.6 Å². The molecule has 0 bridgehead atoms. The lowest BCUT2D eigenvalue weighted by atomic mass is 9.75. The molecule has 0 heterocycles. The van der Waals surface area contributed by atoms with Gasteiger partial charge in [0.15, 0.2) is 17.0 Å². The summed E-state index contributed by atoms with van der Waals surface area (Å²) in [4.78, 5) is 22.7. The van der Waals surface area contributed by atoms with Gasteiger partial charge in [-0.05, 0) is 30.0 Å². The fourth-order valence-electron chi connectivity index (χ4n) is 2.15. The molecule has 0 aliphatic carbocycles. The smallest absolute Gasteiger partial charge is 0.325 e. The fraction of sp³-hybridized carbons (Fsp3) is 0.385. The van der Waals surface area contributed by atoms with Crippen molar-refractivity contribution in [2.45, 2.75) is 32.1 Å². The first-order valence-electron chi connectivity index (χ1n) is 5.77. The Balaban J connectivity index is 3.70. The van der Waals surface area contributed by atoms with E-state index in [4.69, 9.17) is 0 Å². The molecule has 2 N–H and O–H groups in total. The summed E-state index contributed by atoms with van der Waals surface area (Å²) in [6, 6.07) is 1.78. The number of benzene rings is 1. The Morgan fingerprint density at radius 3 is 2.05 bits per heavy atom. The molecule has 0 unspecified atom stereocenters. The summed E-state index contributed by atoms with van der Waals surface area (Å²) in [5.41, 5.74) is -2.69. The van der Waals surface area contributed by atoms with Crippen molar-refractivity contribution in [1.29, 1.82) is 0 Å².